The Morgan fingerprint density at radius 1 is 1.54 bits per heavy atom. The molecule has 4 heteroatoms. The average Bonchev–Trinajstić information content (AvgIpc) is 2.05. The number of rotatable bonds is 6. The van der Waals surface area contributed by atoms with Gasteiger partial charge in [-0.15, -0.1) is 0 Å². The third-order valence-electron chi connectivity index (χ3n) is 1.77. The fourth-order valence-electron chi connectivity index (χ4n) is 1.16. The molecule has 0 atom stereocenters. The van der Waals surface area contributed by atoms with Gasteiger partial charge >= 0.3 is 0 Å². The van der Waals surface area contributed by atoms with Crippen molar-refractivity contribution in [3.63, 3.8) is 0 Å². The molecular formula is C9H20N2O2. The van der Waals surface area contributed by atoms with Crippen LogP contribution in [0.3, 0.4) is 0 Å². The molecule has 0 aliphatic rings. The van der Waals surface area contributed by atoms with Gasteiger partial charge < -0.3 is 15.4 Å². The van der Waals surface area contributed by atoms with Gasteiger partial charge in [0.2, 0.25) is 5.91 Å². The van der Waals surface area contributed by atoms with Crippen molar-refractivity contribution >= 4 is 5.91 Å². The van der Waals surface area contributed by atoms with Crippen molar-refractivity contribution < 1.29 is 9.53 Å². The third-order valence-corrected chi connectivity index (χ3v) is 1.77. The molecule has 1 amide bonds. The van der Waals surface area contributed by atoms with Crippen LogP contribution in [-0.4, -0.2) is 43.2 Å². The molecule has 0 saturated heterocycles. The predicted molar refractivity (Wildman–Crippen MR) is 52.4 cm³/mol. The number of ether oxygens (including phenoxy) is 1. The van der Waals surface area contributed by atoms with Crippen molar-refractivity contribution in [1.82, 2.24) is 4.90 Å². The average molecular weight is 188 g/mol. The molecule has 4 nitrogen and oxygen atoms in total. The zero-order valence-corrected chi connectivity index (χ0v) is 8.75. The van der Waals surface area contributed by atoms with Crippen LogP contribution in [0.1, 0.15) is 20.8 Å². The van der Waals surface area contributed by atoms with Gasteiger partial charge in [-0.2, -0.15) is 0 Å². The molecule has 0 saturated carbocycles. The van der Waals surface area contributed by atoms with E-state index in [9.17, 15) is 4.79 Å². The first-order valence-corrected chi connectivity index (χ1v) is 4.70. The van der Waals surface area contributed by atoms with Crippen molar-refractivity contribution in [1.29, 1.82) is 0 Å². The van der Waals surface area contributed by atoms with Gasteiger partial charge in [0.25, 0.3) is 0 Å². The number of carbonyl (C=O) groups excluding carboxylic acids is 1. The number of carbonyl (C=O) groups is 1. The van der Waals surface area contributed by atoms with Crippen LogP contribution in [0.5, 0.6) is 0 Å². The number of hydrogen-bond acceptors (Lipinski definition) is 3. The second kappa shape index (κ2) is 6.86. The molecule has 0 aromatic rings. The van der Waals surface area contributed by atoms with Gasteiger partial charge in [-0.3, -0.25) is 4.79 Å². The summed E-state index contributed by atoms with van der Waals surface area (Å²) < 4.78 is 5.06. The third kappa shape index (κ3) is 4.85. The summed E-state index contributed by atoms with van der Waals surface area (Å²) in [6.07, 6.45) is 0. The number of amides is 1. The van der Waals surface area contributed by atoms with Gasteiger partial charge in [0.1, 0.15) is 6.61 Å². The van der Waals surface area contributed by atoms with E-state index in [0.29, 0.717) is 13.2 Å². The molecule has 0 bridgehead atoms. The van der Waals surface area contributed by atoms with Crippen LogP contribution in [0, 0.1) is 0 Å². The van der Waals surface area contributed by atoms with Gasteiger partial charge in [-0.05, 0) is 20.8 Å². The summed E-state index contributed by atoms with van der Waals surface area (Å²) in [5.41, 5.74) is 5.23. The van der Waals surface area contributed by atoms with Crippen molar-refractivity contribution in [3.05, 3.63) is 0 Å². The lowest BCUT2D eigenvalue weighted by Crippen LogP contribution is -2.39. The van der Waals surface area contributed by atoms with Gasteiger partial charge in [-0.25, -0.2) is 0 Å². The first-order valence-electron chi connectivity index (χ1n) is 4.70. The Morgan fingerprint density at radius 3 is 2.54 bits per heavy atom. The molecule has 2 N–H and O–H groups in total. The lowest BCUT2D eigenvalue weighted by molar-refractivity contribution is -0.137. The minimum absolute atomic E-state index is 0.0333. The fraction of sp³-hybridized carbons (Fsp3) is 0.889. The Hall–Kier alpha value is -0.610. The Labute approximate surface area is 80.0 Å². The summed E-state index contributed by atoms with van der Waals surface area (Å²) in [5, 5.41) is 0. The maximum atomic E-state index is 11.5. The normalized spacial score (nSPS) is 10.5. The summed E-state index contributed by atoms with van der Waals surface area (Å²) in [6, 6.07) is 0.235. The Balaban J connectivity index is 3.78. The molecule has 78 valence electrons. The zero-order valence-electron chi connectivity index (χ0n) is 8.75. The van der Waals surface area contributed by atoms with E-state index in [0.717, 1.165) is 6.54 Å². The maximum Gasteiger partial charge on any atom is 0.248 e. The summed E-state index contributed by atoms with van der Waals surface area (Å²) in [6.45, 7) is 7.71. The highest BCUT2D eigenvalue weighted by Crippen LogP contribution is 1.98. The Morgan fingerprint density at radius 2 is 2.15 bits per heavy atom. The molecular weight excluding hydrogens is 168 g/mol. The highest BCUT2D eigenvalue weighted by atomic mass is 16.5. The zero-order chi connectivity index (χ0) is 10.3. The molecule has 0 spiro atoms. The second-order valence-corrected chi connectivity index (χ2v) is 3.11. The van der Waals surface area contributed by atoms with Crippen LogP contribution in [-0.2, 0) is 9.53 Å². The van der Waals surface area contributed by atoms with E-state index in [1.54, 1.807) is 4.90 Å². The van der Waals surface area contributed by atoms with E-state index in [1.807, 2.05) is 20.8 Å². The SMILES string of the molecule is CCN(C(=O)COCCN)C(C)C. The summed E-state index contributed by atoms with van der Waals surface area (Å²) in [4.78, 5) is 13.2. The topological polar surface area (TPSA) is 55.6 Å². The monoisotopic (exact) mass is 188 g/mol. The summed E-state index contributed by atoms with van der Waals surface area (Å²) >= 11 is 0. The van der Waals surface area contributed by atoms with Crippen LogP contribution in [0.2, 0.25) is 0 Å². The van der Waals surface area contributed by atoms with Crippen molar-refractivity contribution in [3.8, 4) is 0 Å². The van der Waals surface area contributed by atoms with Crippen LogP contribution in [0.25, 0.3) is 0 Å². The first kappa shape index (κ1) is 12.4. The number of likely N-dealkylation sites (N-methyl/N-ethyl adjacent to an activating group) is 1. The molecule has 0 unspecified atom stereocenters. The van der Waals surface area contributed by atoms with E-state index in [4.69, 9.17) is 10.5 Å². The van der Waals surface area contributed by atoms with Gasteiger partial charge in [0, 0.05) is 19.1 Å². The summed E-state index contributed by atoms with van der Waals surface area (Å²) in [7, 11) is 0. The maximum absolute atomic E-state index is 11.5. The van der Waals surface area contributed by atoms with Crippen molar-refractivity contribution in [2.45, 2.75) is 26.8 Å². The largest absolute Gasteiger partial charge is 0.370 e. The van der Waals surface area contributed by atoms with E-state index < -0.39 is 0 Å². The highest BCUT2D eigenvalue weighted by Gasteiger charge is 2.13. The molecule has 0 aliphatic carbocycles. The number of nitrogens with zero attached hydrogens (tertiary/aromatic N) is 1. The number of hydrogen-bond donors (Lipinski definition) is 1. The van der Waals surface area contributed by atoms with E-state index >= 15 is 0 Å². The van der Waals surface area contributed by atoms with Crippen molar-refractivity contribution in [2.75, 3.05) is 26.3 Å². The van der Waals surface area contributed by atoms with E-state index in [1.165, 1.54) is 0 Å². The van der Waals surface area contributed by atoms with Gasteiger partial charge in [0.05, 0.1) is 6.61 Å². The molecule has 0 aliphatic heterocycles. The highest BCUT2D eigenvalue weighted by molar-refractivity contribution is 5.77. The first-order chi connectivity index (χ1) is 6.13. The molecule has 0 fully saturated rings. The van der Waals surface area contributed by atoms with Gasteiger partial charge in [0.15, 0.2) is 0 Å². The molecule has 0 heterocycles. The van der Waals surface area contributed by atoms with Crippen LogP contribution in [0.4, 0.5) is 0 Å². The van der Waals surface area contributed by atoms with E-state index in [2.05, 4.69) is 0 Å². The Bertz CT molecular complexity index is 149. The minimum Gasteiger partial charge on any atom is -0.370 e. The fourth-order valence-corrected chi connectivity index (χ4v) is 1.16. The molecule has 0 rings (SSSR count). The second-order valence-electron chi connectivity index (χ2n) is 3.11. The minimum atomic E-state index is 0.0333. The van der Waals surface area contributed by atoms with Crippen molar-refractivity contribution in [2.24, 2.45) is 5.73 Å². The Kier molecular flexibility index (Phi) is 6.54. The smallest absolute Gasteiger partial charge is 0.248 e. The van der Waals surface area contributed by atoms with Gasteiger partial charge in [-0.1, -0.05) is 0 Å². The standard InChI is InChI=1S/C9H20N2O2/c1-4-11(8(2)3)9(12)7-13-6-5-10/h8H,4-7,10H2,1-3H3. The summed E-state index contributed by atoms with van der Waals surface area (Å²) in [5.74, 6) is 0.0333. The lowest BCUT2D eigenvalue weighted by Gasteiger charge is -2.24. The molecule has 0 aromatic heterocycles. The molecule has 0 radical (unpaired) electrons. The quantitative estimate of drug-likeness (QED) is 0.607. The predicted octanol–water partition coefficient (Wildman–Crippen LogP) is 0.219. The lowest BCUT2D eigenvalue weighted by atomic mass is 10.3. The van der Waals surface area contributed by atoms with E-state index in [-0.39, 0.29) is 18.6 Å². The van der Waals surface area contributed by atoms with Crippen LogP contribution in [0.15, 0.2) is 0 Å². The van der Waals surface area contributed by atoms with Crippen LogP contribution >= 0.6 is 0 Å². The number of nitrogens with two attached hydrogens (primary N) is 1. The van der Waals surface area contributed by atoms with Crippen LogP contribution < -0.4 is 5.73 Å². The molecule has 0 aromatic carbocycles. The molecule has 13 heavy (non-hydrogen) atoms.